The van der Waals surface area contributed by atoms with Crippen LogP contribution in [-0.2, 0) is 0 Å². The van der Waals surface area contributed by atoms with Gasteiger partial charge < -0.3 is 10.2 Å². The molecule has 2 rings (SSSR count). The number of halogens is 4. The number of alkyl halides is 4. The lowest BCUT2D eigenvalue weighted by Crippen LogP contribution is -2.34. The van der Waals surface area contributed by atoms with Crippen molar-refractivity contribution in [1.29, 1.82) is 0 Å². The summed E-state index contributed by atoms with van der Waals surface area (Å²) in [7, 11) is 0. The number of rotatable bonds is 2. The lowest BCUT2D eigenvalue weighted by atomic mass is 10.1. The number of hydrogen-bond donors (Lipinski definition) is 2. The zero-order valence-electron chi connectivity index (χ0n) is 9.43. The van der Waals surface area contributed by atoms with Gasteiger partial charge in [-0.25, -0.2) is 0 Å². The average molecular weight is 360 g/mol. The van der Waals surface area contributed by atoms with Crippen LogP contribution < -0.4 is 0 Å². The minimum Gasteiger partial charge on any atom is -0.384 e. The van der Waals surface area contributed by atoms with Gasteiger partial charge in [-0.3, -0.25) is 0 Å². The highest BCUT2D eigenvalue weighted by Crippen LogP contribution is 2.45. The Hall–Kier alpha value is 0.390. The van der Waals surface area contributed by atoms with Crippen molar-refractivity contribution in [3.05, 3.63) is 46.3 Å². The van der Waals surface area contributed by atoms with Gasteiger partial charge in [0.2, 0.25) is 0 Å². The fourth-order valence-corrected chi connectivity index (χ4v) is 3.78. The van der Waals surface area contributed by atoms with E-state index in [1.807, 2.05) is 0 Å². The van der Waals surface area contributed by atoms with Crippen molar-refractivity contribution >= 4 is 58.2 Å². The summed E-state index contributed by atoms with van der Waals surface area (Å²) in [6.07, 6.45) is 7.47. The summed E-state index contributed by atoms with van der Waals surface area (Å²) in [5.41, 5.74) is 0. The zero-order chi connectivity index (χ0) is 14.3. The Balaban J connectivity index is 2.19. The lowest BCUT2D eigenvalue weighted by Gasteiger charge is -2.31. The van der Waals surface area contributed by atoms with Crippen molar-refractivity contribution in [2.45, 2.75) is 20.9 Å². The molecule has 19 heavy (non-hydrogen) atoms. The van der Waals surface area contributed by atoms with Crippen LogP contribution in [0.2, 0.25) is 0 Å². The third-order valence-electron chi connectivity index (χ3n) is 2.66. The van der Waals surface area contributed by atoms with Gasteiger partial charge in [0, 0.05) is 9.81 Å². The Kier molecular flexibility index (Phi) is 4.69. The molecule has 0 aliphatic heterocycles. The SMILES string of the molecule is OC1C(SC2=CC=CC(Cl)(Cl)C2O)=CC=CC1(Cl)Cl. The molecule has 2 aliphatic carbocycles. The summed E-state index contributed by atoms with van der Waals surface area (Å²) in [5, 5.41) is 20.1. The summed E-state index contributed by atoms with van der Waals surface area (Å²) in [4.78, 5) is 1.02. The molecule has 104 valence electrons. The molecule has 2 unspecified atom stereocenters. The van der Waals surface area contributed by atoms with Crippen LogP contribution in [0.5, 0.6) is 0 Å². The van der Waals surface area contributed by atoms with E-state index in [0.29, 0.717) is 9.81 Å². The monoisotopic (exact) mass is 358 g/mol. The molecule has 2 nitrogen and oxygen atoms in total. The number of thioether (sulfide) groups is 1. The third-order valence-corrected chi connectivity index (χ3v) is 5.18. The van der Waals surface area contributed by atoms with E-state index in [-0.39, 0.29) is 0 Å². The Morgan fingerprint density at radius 1 is 0.842 bits per heavy atom. The van der Waals surface area contributed by atoms with Gasteiger partial charge in [0.25, 0.3) is 0 Å². The second kappa shape index (κ2) is 5.64. The van der Waals surface area contributed by atoms with Crippen LogP contribution in [0.4, 0.5) is 0 Å². The highest BCUT2D eigenvalue weighted by Gasteiger charge is 2.39. The van der Waals surface area contributed by atoms with Crippen molar-refractivity contribution in [3.8, 4) is 0 Å². The zero-order valence-corrected chi connectivity index (χ0v) is 13.3. The second-order valence-corrected chi connectivity index (χ2v) is 8.15. The van der Waals surface area contributed by atoms with Gasteiger partial charge in [-0.1, -0.05) is 70.3 Å². The highest BCUT2D eigenvalue weighted by atomic mass is 35.5. The highest BCUT2D eigenvalue weighted by molar-refractivity contribution is 8.06. The molecule has 7 heteroatoms. The second-order valence-electron chi connectivity index (χ2n) is 4.11. The molecule has 0 saturated carbocycles. The van der Waals surface area contributed by atoms with E-state index in [1.54, 1.807) is 24.3 Å². The quantitative estimate of drug-likeness (QED) is 0.738. The van der Waals surface area contributed by atoms with Gasteiger partial charge in [-0.2, -0.15) is 0 Å². The minimum atomic E-state index is -1.38. The summed E-state index contributed by atoms with van der Waals surface area (Å²) in [6.45, 7) is 0. The summed E-state index contributed by atoms with van der Waals surface area (Å²) < 4.78 is -2.77. The van der Waals surface area contributed by atoms with Crippen LogP contribution >= 0.6 is 58.2 Å². The van der Waals surface area contributed by atoms with Gasteiger partial charge in [-0.05, 0) is 24.3 Å². The molecule has 0 fully saturated rings. The molecular weight excluding hydrogens is 350 g/mol. The maximum Gasteiger partial charge on any atom is 0.166 e. The number of hydrogen-bond acceptors (Lipinski definition) is 3. The van der Waals surface area contributed by atoms with Crippen LogP contribution in [-0.4, -0.2) is 31.1 Å². The van der Waals surface area contributed by atoms with Crippen LogP contribution in [0, 0.1) is 0 Å². The Labute approximate surface area is 135 Å². The number of aliphatic hydroxyl groups excluding tert-OH is 2. The molecule has 0 amide bonds. The maximum absolute atomic E-state index is 10.0. The molecule has 0 radical (unpaired) electrons. The van der Waals surface area contributed by atoms with Crippen LogP contribution in [0.3, 0.4) is 0 Å². The minimum absolute atomic E-state index is 0.511. The molecule has 0 aromatic rings. The molecular formula is C12H10Cl4O2S. The maximum atomic E-state index is 10.0. The van der Waals surface area contributed by atoms with Crippen LogP contribution in [0.1, 0.15) is 0 Å². The van der Waals surface area contributed by atoms with Crippen LogP contribution in [0.15, 0.2) is 46.3 Å². The van der Waals surface area contributed by atoms with Crippen molar-refractivity contribution in [1.82, 2.24) is 0 Å². The largest absolute Gasteiger partial charge is 0.384 e. The predicted molar refractivity (Wildman–Crippen MR) is 82.9 cm³/mol. The molecule has 2 atom stereocenters. The fourth-order valence-electron chi connectivity index (χ4n) is 1.60. The van der Waals surface area contributed by atoms with Gasteiger partial charge in [0.1, 0.15) is 12.2 Å². The van der Waals surface area contributed by atoms with Crippen molar-refractivity contribution in [3.63, 3.8) is 0 Å². The van der Waals surface area contributed by atoms with Gasteiger partial charge in [0.05, 0.1) is 0 Å². The molecule has 0 aromatic carbocycles. The summed E-state index contributed by atoms with van der Waals surface area (Å²) >= 11 is 25.0. The predicted octanol–water partition coefficient (Wildman–Crippen LogP) is 3.70. The van der Waals surface area contributed by atoms with Gasteiger partial charge >= 0.3 is 0 Å². The van der Waals surface area contributed by atoms with Gasteiger partial charge in [-0.15, -0.1) is 0 Å². The molecule has 0 aromatic heterocycles. The van der Waals surface area contributed by atoms with E-state index < -0.39 is 20.9 Å². The van der Waals surface area contributed by atoms with E-state index in [4.69, 9.17) is 46.4 Å². The Morgan fingerprint density at radius 3 is 1.58 bits per heavy atom. The molecule has 2 aliphatic rings. The van der Waals surface area contributed by atoms with Crippen LogP contribution in [0.25, 0.3) is 0 Å². The molecule has 0 bridgehead atoms. The van der Waals surface area contributed by atoms with E-state index >= 15 is 0 Å². The smallest absolute Gasteiger partial charge is 0.166 e. The fraction of sp³-hybridized carbons (Fsp3) is 0.333. The van der Waals surface area contributed by atoms with Crippen molar-refractivity contribution in [2.75, 3.05) is 0 Å². The summed E-state index contributed by atoms with van der Waals surface area (Å²) in [6, 6.07) is 0. The number of aliphatic hydroxyl groups is 2. The third kappa shape index (κ3) is 3.35. The first-order valence-electron chi connectivity index (χ1n) is 5.32. The first kappa shape index (κ1) is 15.8. The normalized spacial score (nSPS) is 31.9. The van der Waals surface area contributed by atoms with Gasteiger partial charge in [0.15, 0.2) is 8.67 Å². The lowest BCUT2D eigenvalue weighted by molar-refractivity contribution is 0.210. The standard InChI is InChI=1S/C12H10Cl4O2S/c13-11(14)5-1-3-7(9(11)17)19-8-4-2-6-12(15,16)10(8)18/h1-6,9-10,17-18H. The van der Waals surface area contributed by atoms with Crippen molar-refractivity contribution < 1.29 is 10.2 Å². The topological polar surface area (TPSA) is 40.5 Å². The van der Waals surface area contributed by atoms with Crippen molar-refractivity contribution in [2.24, 2.45) is 0 Å². The molecule has 0 spiro atoms. The first-order valence-corrected chi connectivity index (χ1v) is 7.65. The first-order chi connectivity index (χ1) is 8.74. The van der Waals surface area contributed by atoms with E-state index in [0.717, 1.165) is 11.8 Å². The van der Waals surface area contributed by atoms with E-state index in [2.05, 4.69) is 0 Å². The summed E-state index contributed by atoms with van der Waals surface area (Å²) in [5.74, 6) is 0. The molecule has 2 N–H and O–H groups in total. The molecule has 0 saturated heterocycles. The Bertz CT molecular complexity index is 450. The average Bonchev–Trinajstić information content (AvgIpc) is 2.31. The van der Waals surface area contributed by atoms with E-state index in [1.165, 1.54) is 12.2 Å². The Morgan fingerprint density at radius 2 is 1.21 bits per heavy atom. The van der Waals surface area contributed by atoms with E-state index in [9.17, 15) is 10.2 Å². The molecule has 0 heterocycles. The number of allylic oxidation sites excluding steroid dienone is 4.